The number of hydrogen-bond acceptors (Lipinski definition) is 2. The first kappa shape index (κ1) is 8.52. The minimum absolute atomic E-state index is 0.109. The third-order valence-electron chi connectivity index (χ3n) is 3.71. The van der Waals surface area contributed by atoms with Crippen LogP contribution in [0.4, 0.5) is 0 Å². The highest BCUT2D eigenvalue weighted by atomic mass is 16.3. The van der Waals surface area contributed by atoms with Crippen LogP contribution >= 0.6 is 0 Å². The van der Waals surface area contributed by atoms with E-state index >= 15 is 0 Å². The zero-order valence-corrected chi connectivity index (χ0v) is 7.50. The molecule has 0 saturated heterocycles. The average molecular weight is 170 g/mol. The van der Waals surface area contributed by atoms with Gasteiger partial charge in [-0.25, -0.2) is 0 Å². The van der Waals surface area contributed by atoms with Gasteiger partial charge < -0.3 is 10.2 Å². The van der Waals surface area contributed by atoms with Crippen molar-refractivity contribution in [2.75, 3.05) is 0 Å². The van der Waals surface area contributed by atoms with Gasteiger partial charge in [-0.1, -0.05) is 12.8 Å². The molecule has 0 aliphatic heterocycles. The average Bonchev–Trinajstić information content (AvgIpc) is 2.33. The maximum atomic E-state index is 9.81. The maximum absolute atomic E-state index is 9.81. The van der Waals surface area contributed by atoms with Crippen molar-refractivity contribution in [3.05, 3.63) is 0 Å². The van der Waals surface area contributed by atoms with Gasteiger partial charge in [0.05, 0.1) is 12.2 Å². The van der Waals surface area contributed by atoms with E-state index in [1.807, 2.05) is 0 Å². The van der Waals surface area contributed by atoms with E-state index in [0.717, 1.165) is 44.9 Å². The van der Waals surface area contributed by atoms with Crippen LogP contribution in [0.25, 0.3) is 0 Å². The summed E-state index contributed by atoms with van der Waals surface area (Å²) in [5.74, 6) is 0. The van der Waals surface area contributed by atoms with E-state index in [9.17, 15) is 10.2 Å². The van der Waals surface area contributed by atoms with Crippen molar-refractivity contribution in [3.8, 4) is 0 Å². The highest BCUT2D eigenvalue weighted by Crippen LogP contribution is 2.48. The fourth-order valence-electron chi connectivity index (χ4n) is 3.01. The monoisotopic (exact) mass is 170 g/mol. The van der Waals surface area contributed by atoms with Gasteiger partial charge in [0.1, 0.15) is 0 Å². The predicted octanol–water partition coefficient (Wildman–Crippen LogP) is 1.45. The minimum atomic E-state index is -0.147. The molecule has 70 valence electrons. The van der Waals surface area contributed by atoms with E-state index < -0.39 is 0 Å². The summed E-state index contributed by atoms with van der Waals surface area (Å²) in [6, 6.07) is 0. The van der Waals surface area contributed by atoms with E-state index in [1.165, 1.54) is 0 Å². The molecule has 2 aliphatic rings. The zero-order chi connectivity index (χ0) is 8.60. The second-order valence-corrected chi connectivity index (χ2v) is 4.52. The fraction of sp³-hybridized carbons (Fsp3) is 1.00. The lowest BCUT2D eigenvalue weighted by atomic mass is 9.70. The van der Waals surface area contributed by atoms with E-state index in [-0.39, 0.29) is 17.6 Å². The first-order valence-electron chi connectivity index (χ1n) is 5.09. The van der Waals surface area contributed by atoms with E-state index in [0.29, 0.717) is 0 Å². The summed E-state index contributed by atoms with van der Waals surface area (Å²) in [4.78, 5) is 0. The Kier molecular flexibility index (Phi) is 2.13. The zero-order valence-electron chi connectivity index (χ0n) is 7.50. The fourth-order valence-corrected chi connectivity index (χ4v) is 3.01. The molecule has 0 aromatic rings. The van der Waals surface area contributed by atoms with Crippen LogP contribution in [-0.2, 0) is 0 Å². The first-order chi connectivity index (χ1) is 5.73. The molecule has 3 atom stereocenters. The normalized spacial score (nSPS) is 48.5. The van der Waals surface area contributed by atoms with Crippen LogP contribution in [0.2, 0.25) is 0 Å². The highest BCUT2D eigenvalue weighted by Gasteiger charge is 2.44. The second kappa shape index (κ2) is 3.00. The van der Waals surface area contributed by atoms with Crippen LogP contribution in [0, 0.1) is 5.41 Å². The molecule has 2 N–H and O–H groups in total. The van der Waals surface area contributed by atoms with Crippen molar-refractivity contribution in [2.45, 2.75) is 57.2 Å². The lowest BCUT2D eigenvalue weighted by Crippen LogP contribution is -2.37. The molecule has 0 heterocycles. The highest BCUT2D eigenvalue weighted by molar-refractivity contribution is 4.95. The third kappa shape index (κ3) is 1.27. The Morgan fingerprint density at radius 1 is 1.00 bits per heavy atom. The van der Waals surface area contributed by atoms with Crippen molar-refractivity contribution in [2.24, 2.45) is 5.41 Å². The van der Waals surface area contributed by atoms with Crippen LogP contribution in [0.1, 0.15) is 44.9 Å². The summed E-state index contributed by atoms with van der Waals surface area (Å²) < 4.78 is 0. The summed E-state index contributed by atoms with van der Waals surface area (Å²) in [6.07, 6.45) is 6.96. The third-order valence-corrected chi connectivity index (χ3v) is 3.71. The molecule has 12 heavy (non-hydrogen) atoms. The Balaban J connectivity index is 2.08. The lowest BCUT2D eigenvalue weighted by molar-refractivity contribution is -0.0250. The minimum Gasteiger partial charge on any atom is -0.393 e. The molecule has 2 nitrogen and oxygen atoms in total. The van der Waals surface area contributed by atoms with Crippen LogP contribution in [-0.4, -0.2) is 22.4 Å². The quantitative estimate of drug-likeness (QED) is 0.577. The molecule has 3 unspecified atom stereocenters. The van der Waals surface area contributed by atoms with Crippen LogP contribution in [0.5, 0.6) is 0 Å². The van der Waals surface area contributed by atoms with Gasteiger partial charge in [-0.3, -0.25) is 0 Å². The second-order valence-electron chi connectivity index (χ2n) is 4.52. The van der Waals surface area contributed by atoms with Crippen LogP contribution in [0.15, 0.2) is 0 Å². The molecule has 0 amide bonds. The van der Waals surface area contributed by atoms with Gasteiger partial charge in [0, 0.05) is 0 Å². The van der Waals surface area contributed by atoms with E-state index in [2.05, 4.69) is 0 Å². The molecular formula is C10H18O2. The summed E-state index contributed by atoms with van der Waals surface area (Å²) in [6.45, 7) is 0. The van der Waals surface area contributed by atoms with Crippen molar-refractivity contribution in [1.82, 2.24) is 0 Å². The van der Waals surface area contributed by atoms with Gasteiger partial charge in [-0.2, -0.15) is 0 Å². The summed E-state index contributed by atoms with van der Waals surface area (Å²) >= 11 is 0. The molecule has 2 heteroatoms. The molecule has 0 radical (unpaired) electrons. The van der Waals surface area contributed by atoms with Gasteiger partial charge in [-0.15, -0.1) is 0 Å². The van der Waals surface area contributed by atoms with Gasteiger partial charge in [0.2, 0.25) is 0 Å². The van der Waals surface area contributed by atoms with E-state index in [4.69, 9.17) is 0 Å². The number of rotatable bonds is 0. The van der Waals surface area contributed by atoms with E-state index in [1.54, 1.807) is 0 Å². The molecule has 0 aromatic carbocycles. The SMILES string of the molecule is OC1CCCC2(CCCC2O)C1. The standard InChI is InChI=1S/C10H18O2/c11-8-3-1-5-10(7-8)6-2-4-9(10)12/h8-9,11-12H,1-7H2. The number of hydrogen-bond donors (Lipinski definition) is 2. The van der Waals surface area contributed by atoms with Crippen molar-refractivity contribution >= 4 is 0 Å². The van der Waals surface area contributed by atoms with Gasteiger partial charge >= 0.3 is 0 Å². The Hall–Kier alpha value is -0.0800. The Labute approximate surface area is 73.6 Å². The van der Waals surface area contributed by atoms with Crippen LogP contribution < -0.4 is 0 Å². The Bertz CT molecular complexity index is 169. The molecule has 2 rings (SSSR count). The predicted molar refractivity (Wildman–Crippen MR) is 46.8 cm³/mol. The first-order valence-corrected chi connectivity index (χ1v) is 5.09. The van der Waals surface area contributed by atoms with Crippen molar-refractivity contribution in [1.29, 1.82) is 0 Å². The number of aliphatic hydroxyl groups is 2. The molecule has 2 saturated carbocycles. The molecule has 1 spiro atoms. The van der Waals surface area contributed by atoms with Crippen LogP contribution in [0.3, 0.4) is 0 Å². The molecular weight excluding hydrogens is 152 g/mol. The molecule has 0 bridgehead atoms. The van der Waals surface area contributed by atoms with Crippen molar-refractivity contribution < 1.29 is 10.2 Å². The van der Waals surface area contributed by atoms with Crippen molar-refractivity contribution in [3.63, 3.8) is 0 Å². The van der Waals surface area contributed by atoms with Gasteiger partial charge in [0.25, 0.3) is 0 Å². The topological polar surface area (TPSA) is 40.5 Å². The summed E-state index contributed by atoms with van der Waals surface area (Å²) in [5, 5.41) is 19.4. The number of aliphatic hydroxyl groups excluding tert-OH is 2. The molecule has 2 aliphatic carbocycles. The lowest BCUT2D eigenvalue weighted by Gasteiger charge is -2.38. The smallest absolute Gasteiger partial charge is 0.0597 e. The van der Waals surface area contributed by atoms with Gasteiger partial charge in [0.15, 0.2) is 0 Å². The maximum Gasteiger partial charge on any atom is 0.0597 e. The molecule has 2 fully saturated rings. The summed E-state index contributed by atoms with van der Waals surface area (Å²) in [5.41, 5.74) is 0.109. The summed E-state index contributed by atoms with van der Waals surface area (Å²) in [7, 11) is 0. The Morgan fingerprint density at radius 2 is 1.67 bits per heavy atom. The largest absolute Gasteiger partial charge is 0.393 e. The van der Waals surface area contributed by atoms with Gasteiger partial charge in [-0.05, 0) is 37.5 Å². The Morgan fingerprint density at radius 3 is 2.17 bits per heavy atom. The molecule has 0 aromatic heterocycles.